The second-order valence-electron chi connectivity index (χ2n) is 7.24. The van der Waals surface area contributed by atoms with Crippen LogP contribution in [0.3, 0.4) is 0 Å². The number of piperidine rings is 1. The highest BCUT2D eigenvalue weighted by atomic mass is 15.0. The van der Waals surface area contributed by atoms with E-state index in [1.807, 2.05) is 12.4 Å². The molecule has 0 spiro atoms. The molecule has 0 bridgehead atoms. The third-order valence-corrected chi connectivity index (χ3v) is 5.72. The van der Waals surface area contributed by atoms with Gasteiger partial charge in [0.2, 0.25) is 0 Å². The second-order valence-corrected chi connectivity index (χ2v) is 7.24. The molecule has 0 aromatic carbocycles. The van der Waals surface area contributed by atoms with Gasteiger partial charge in [0.15, 0.2) is 0 Å². The number of aromatic nitrogens is 4. The first-order valence-electron chi connectivity index (χ1n) is 9.35. The van der Waals surface area contributed by atoms with Gasteiger partial charge in [0.25, 0.3) is 0 Å². The van der Waals surface area contributed by atoms with Crippen LogP contribution in [0.1, 0.15) is 35.8 Å². The Balaban J connectivity index is 1.65. The summed E-state index contributed by atoms with van der Waals surface area (Å²) in [5.41, 5.74) is 8.27. The number of imidazole rings is 2. The fourth-order valence-electron chi connectivity index (χ4n) is 4.34. The maximum atomic E-state index is 4.99. The summed E-state index contributed by atoms with van der Waals surface area (Å²) in [6, 6.07) is 8.57. The van der Waals surface area contributed by atoms with Crippen LogP contribution in [0, 0.1) is 13.8 Å². The van der Waals surface area contributed by atoms with Gasteiger partial charge < -0.3 is 14.1 Å². The van der Waals surface area contributed by atoms with Crippen LogP contribution in [0.5, 0.6) is 0 Å². The minimum absolute atomic E-state index is 0.571. The van der Waals surface area contributed by atoms with Gasteiger partial charge in [-0.1, -0.05) is 0 Å². The van der Waals surface area contributed by atoms with Crippen LogP contribution in [0.15, 0.2) is 42.9 Å². The zero-order valence-electron chi connectivity index (χ0n) is 15.2. The number of rotatable bonds is 2. The summed E-state index contributed by atoms with van der Waals surface area (Å²) in [7, 11) is 0. The Labute approximate surface area is 152 Å². The van der Waals surface area contributed by atoms with Crippen LogP contribution in [0.2, 0.25) is 0 Å². The molecular formula is C21H23N5. The lowest BCUT2D eigenvalue weighted by atomic mass is 9.93. The van der Waals surface area contributed by atoms with Crippen molar-refractivity contribution in [3.05, 3.63) is 59.9 Å². The van der Waals surface area contributed by atoms with Crippen molar-refractivity contribution >= 4 is 11.3 Å². The van der Waals surface area contributed by atoms with Gasteiger partial charge in [0.05, 0.1) is 5.69 Å². The van der Waals surface area contributed by atoms with E-state index in [1.54, 1.807) is 0 Å². The number of aryl methyl sites for hydroxylation is 2. The number of nitrogens with zero attached hydrogens (tertiary/aromatic N) is 4. The van der Waals surface area contributed by atoms with Gasteiger partial charge in [0, 0.05) is 47.0 Å². The minimum atomic E-state index is 0.571. The Hall–Kier alpha value is -2.66. The van der Waals surface area contributed by atoms with Crippen LogP contribution in [-0.2, 0) is 0 Å². The molecule has 1 N–H and O–H groups in total. The topological polar surface area (TPSA) is 46.6 Å². The predicted molar refractivity (Wildman–Crippen MR) is 104 cm³/mol. The molecule has 1 aliphatic rings. The third-order valence-electron chi connectivity index (χ3n) is 5.72. The summed E-state index contributed by atoms with van der Waals surface area (Å²) in [6.07, 6.45) is 8.32. The first kappa shape index (κ1) is 15.6. The molecule has 0 aliphatic carbocycles. The molecule has 5 rings (SSSR count). The van der Waals surface area contributed by atoms with Crippen molar-refractivity contribution in [2.24, 2.45) is 0 Å². The molecule has 1 fully saturated rings. The van der Waals surface area contributed by atoms with Crippen molar-refractivity contribution in [3.8, 4) is 11.1 Å². The normalized spacial score (nSPS) is 15.9. The summed E-state index contributed by atoms with van der Waals surface area (Å²) >= 11 is 0. The number of fused-ring (bicyclic) bond motifs is 2. The van der Waals surface area contributed by atoms with Gasteiger partial charge in [-0.25, -0.2) is 9.97 Å². The van der Waals surface area contributed by atoms with Crippen LogP contribution < -0.4 is 5.32 Å². The molecule has 1 aliphatic heterocycles. The molecule has 132 valence electrons. The Morgan fingerprint density at radius 2 is 1.81 bits per heavy atom. The molecule has 5 nitrogen and oxygen atoms in total. The molecule has 5 heteroatoms. The Kier molecular flexibility index (Phi) is 3.57. The van der Waals surface area contributed by atoms with E-state index in [1.165, 1.54) is 41.1 Å². The standard InChI is InChI=1S/C21H23N5/c1-14-18(17-3-5-19-23-11-12-25(19)13-17)4-6-20-24-21(15(2)26(14)20)16-7-9-22-10-8-16/h3-6,11-13,16,22H,7-10H2,1-2H3. The van der Waals surface area contributed by atoms with Gasteiger partial charge in [-0.2, -0.15) is 0 Å². The Bertz CT molecular complexity index is 1100. The van der Waals surface area contributed by atoms with E-state index in [2.05, 4.69) is 63.4 Å². The van der Waals surface area contributed by atoms with Crippen LogP contribution in [-0.4, -0.2) is 31.9 Å². The number of pyridine rings is 2. The SMILES string of the molecule is Cc1c(-c2ccc3nccn3c2)ccc2nc(C3CCNCC3)c(C)n12. The van der Waals surface area contributed by atoms with E-state index < -0.39 is 0 Å². The summed E-state index contributed by atoms with van der Waals surface area (Å²) in [5, 5.41) is 3.45. The highest BCUT2D eigenvalue weighted by Gasteiger charge is 2.22. The average Bonchev–Trinajstić information content (AvgIpc) is 3.27. The lowest BCUT2D eigenvalue weighted by Crippen LogP contribution is -2.27. The monoisotopic (exact) mass is 345 g/mol. The van der Waals surface area contributed by atoms with Crippen molar-refractivity contribution in [2.75, 3.05) is 13.1 Å². The first-order chi connectivity index (χ1) is 12.7. The van der Waals surface area contributed by atoms with Gasteiger partial charge in [-0.3, -0.25) is 0 Å². The summed E-state index contributed by atoms with van der Waals surface area (Å²) in [5.74, 6) is 0.571. The highest BCUT2D eigenvalue weighted by molar-refractivity contribution is 5.69. The lowest BCUT2D eigenvalue weighted by molar-refractivity contribution is 0.453. The van der Waals surface area contributed by atoms with E-state index in [9.17, 15) is 0 Å². The van der Waals surface area contributed by atoms with E-state index in [0.29, 0.717) is 5.92 Å². The molecule has 0 radical (unpaired) electrons. The zero-order valence-corrected chi connectivity index (χ0v) is 15.2. The average molecular weight is 345 g/mol. The highest BCUT2D eigenvalue weighted by Crippen LogP contribution is 2.31. The molecule has 5 heterocycles. The number of hydrogen-bond donors (Lipinski definition) is 1. The van der Waals surface area contributed by atoms with E-state index in [0.717, 1.165) is 24.4 Å². The van der Waals surface area contributed by atoms with Crippen LogP contribution in [0.4, 0.5) is 0 Å². The molecule has 0 amide bonds. The number of nitrogens with one attached hydrogen (secondary N) is 1. The molecule has 0 atom stereocenters. The van der Waals surface area contributed by atoms with Crippen molar-refractivity contribution in [2.45, 2.75) is 32.6 Å². The molecule has 4 aromatic rings. The lowest BCUT2D eigenvalue weighted by Gasteiger charge is -2.21. The Morgan fingerprint density at radius 1 is 1.00 bits per heavy atom. The molecule has 0 unspecified atom stereocenters. The van der Waals surface area contributed by atoms with Gasteiger partial charge in [-0.05, 0) is 64.0 Å². The summed E-state index contributed by atoms with van der Waals surface area (Å²) in [4.78, 5) is 9.33. The van der Waals surface area contributed by atoms with Crippen molar-refractivity contribution in [1.82, 2.24) is 24.1 Å². The zero-order chi connectivity index (χ0) is 17.7. The van der Waals surface area contributed by atoms with E-state index in [4.69, 9.17) is 4.98 Å². The van der Waals surface area contributed by atoms with Crippen molar-refractivity contribution in [1.29, 1.82) is 0 Å². The van der Waals surface area contributed by atoms with Gasteiger partial charge >= 0.3 is 0 Å². The minimum Gasteiger partial charge on any atom is -0.317 e. The largest absolute Gasteiger partial charge is 0.317 e. The maximum absolute atomic E-state index is 4.99. The summed E-state index contributed by atoms with van der Waals surface area (Å²) < 4.78 is 4.39. The number of hydrogen-bond acceptors (Lipinski definition) is 3. The van der Waals surface area contributed by atoms with E-state index in [-0.39, 0.29) is 0 Å². The van der Waals surface area contributed by atoms with Gasteiger partial charge in [0.1, 0.15) is 11.3 Å². The van der Waals surface area contributed by atoms with Crippen molar-refractivity contribution < 1.29 is 0 Å². The summed E-state index contributed by atoms with van der Waals surface area (Å²) in [6.45, 7) is 6.59. The van der Waals surface area contributed by atoms with Gasteiger partial charge in [-0.15, -0.1) is 0 Å². The van der Waals surface area contributed by atoms with Crippen LogP contribution in [0.25, 0.3) is 22.4 Å². The molecule has 4 aromatic heterocycles. The molecular weight excluding hydrogens is 322 g/mol. The second kappa shape index (κ2) is 5.95. The van der Waals surface area contributed by atoms with Crippen LogP contribution >= 0.6 is 0 Å². The molecule has 0 saturated carbocycles. The molecule has 1 saturated heterocycles. The first-order valence-corrected chi connectivity index (χ1v) is 9.35. The maximum Gasteiger partial charge on any atom is 0.137 e. The third kappa shape index (κ3) is 2.35. The fourth-order valence-corrected chi connectivity index (χ4v) is 4.34. The Morgan fingerprint density at radius 3 is 2.65 bits per heavy atom. The van der Waals surface area contributed by atoms with E-state index >= 15 is 0 Å². The van der Waals surface area contributed by atoms with Crippen molar-refractivity contribution in [3.63, 3.8) is 0 Å². The molecule has 26 heavy (non-hydrogen) atoms. The predicted octanol–water partition coefficient (Wildman–Crippen LogP) is 3.73. The smallest absolute Gasteiger partial charge is 0.137 e. The quantitative estimate of drug-likeness (QED) is 0.602. The fraction of sp³-hybridized carbons (Fsp3) is 0.333.